The van der Waals surface area contributed by atoms with Crippen LogP contribution < -0.4 is 10.2 Å². The number of aliphatic hydroxyl groups is 1. The molecular weight excluding hydrogens is 255 g/mol. The van der Waals surface area contributed by atoms with Crippen molar-refractivity contribution in [3.05, 3.63) is 29.6 Å². The van der Waals surface area contributed by atoms with Crippen LogP contribution in [0.15, 0.2) is 18.2 Å². The van der Waals surface area contributed by atoms with Crippen molar-refractivity contribution in [1.29, 1.82) is 0 Å². The Balaban J connectivity index is 3.14. The molecule has 0 saturated carbocycles. The van der Waals surface area contributed by atoms with Crippen LogP contribution >= 0.6 is 0 Å². The number of halogens is 1. The highest BCUT2D eigenvalue weighted by molar-refractivity contribution is 5.55. The second kappa shape index (κ2) is 8.93. The standard InChI is InChI=1S/C16H27FN2O/c1-4-13(5-2)19(10-11-20)16-9-7-8-15(17)14(16)12-18-6-3/h7-9,13,18,20H,4-6,10-12H2,1-3H3. The number of aliphatic hydroxyl groups excluding tert-OH is 1. The zero-order valence-corrected chi connectivity index (χ0v) is 12.8. The summed E-state index contributed by atoms with van der Waals surface area (Å²) in [7, 11) is 0. The molecule has 4 heteroatoms. The molecule has 1 rings (SSSR count). The predicted octanol–water partition coefficient (Wildman–Crippen LogP) is 2.92. The van der Waals surface area contributed by atoms with Crippen molar-refractivity contribution in [2.75, 3.05) is 24.6 Å². The number of hydrogen-bond donors (Lipinski definition) is 2. The molecule has 1 aromatic carbocycles. The lowest BCUT2D eigenvalue weighted by Crippen LogP contribution is -2.38. The number of nitrogens with one attached hydrogen (secondary N) is 1. The van der Waals surface area contributed by atoms with Crippen molar-refractivity contribution in [3.63, 3.8) is 0 Å². The first kappa shape index (κ1) is 16.9. The van der Waals surface area contributed by atoms with Gasteiger partial charge in [-0.15, -0.1) is 0 Å². The van der Waals surface area contributed by atoms with E-state index < -0.39 is 0 Å². The summed E-state index contributed by atoms with van der Waals surface area (Å²) >= 11 is 0. The van der Waals surface area contributed by atoms with Gasteiger partial charge >= 0.3 is 0 Å². The average Bonchev–Trinajstić information content (AvgIpc) is 2.46. The molecule has 0 amide bonds. The lowest BCUT2D eigenvalue weighted by atomic mass is 10.1. The number of benzene rings is 1. The van der Waals surface area contributed by atoms with Gasteiger partial charge in [0.05, 0.1) is 6.61 Å². The number of nitrogens with zero attached hydrogens (tertiary/aromatic N) is 1. The molecule has 0 bridgehead atoms. The molecule has 2 N–H and O–H groups in total. The molecule has 0 aliphatic carbocycles. The fourth-order valence-electron chi connectivity index (χ4n) is 2.58. The Hall–Kier alpha value is -1.13. The Kier molecular flexibility index (Phi) is 7.55. The van der Waals surface area contributed by atoms with Crippen molar-refractivity contribution < 1.29 is 9.50 Å². The lowest BCUT2D eigenvalue weighted by Gasteiger charge is -2.34. The molecule has 0 aliphatic heterocycles. The minimum atomic E-state index is -0.183. The van der Waals surface area contributed by atoms with Gasteiger partial charge in [-0.25, -0.2) is 4.39 Å². The van der Waals surface area contributed by atoms with E-state index in [2.05, 4.69) is 24.1 Å². The molecule has 20 heavy (non-hydrogen) atoms. The highest BCUT2D eigenvalue weighted by Crippen LogP contribution is 2.26. The molecule has 0 spiro atoms. The van der Waals surface area contributed by atoms with E-state index in [1.807, 2.05) is 13.0 Å². The molecular formula is C16H27FN2O. The van der Waals surface area contributed by atoms with Crippen molar-refractivity contribution in [3.8, 4) is 0 Å². The van der Waals surface area contributed by atoms with Crippen LogP contribution in [0.5, 0.6) is 0 Å². The molecule has 0 fully saturated rings. The predicted molar refractivity (Wildman–Crippen MR) is 82.6 cm³/mol. The van der Waals surface area contributed by atoms with Crippen LogP contribution in [0.2, 0.25) is 0 Å². The monoisotopic (exact) mass is 282 g/mol. The summed E-state index contributed by atoms with van der Waals surface area (Å²) in [5, 5.41) is 12.5. The largest absolute Gasteiger partial charge is 0.395 e. The fraction of sp³-hybridized carbons (Fsp3) is 0.625. The zero-order chi connectivity index (χ0) is 15.0. The summed E-state index contributed by atoms with van der Waals surface area (Å²) in [5.41, 5.74) is 1.59. The molecule has 114 valence electrons. The van der Waals surface area contributed by atoms with Crippen molar-refractivity contribution in [2.45, 2.75) is 46.2 Å². The summed E-state index contributed by atoms with van der Waals surface area (Å²) in [5.74, 6) is -0.183. The Labute approximate surface area is 121 Å². The van der Waals surface area contributed by atoms with Crippen molar-refractivity contribution in [2.24, 2.45) is 0 Å². The summed E-state index contributed by atoms with van der Waals surface area (Å²) in [4.78, 5) is 2.13. The summed E-state index contributed by atoms with van der Waals surface area (Å²) in [6.45, 7) is 8.19. The third-order valence-corrected chi connectivity index (χ3v) is 3.68. The number of hydrogen-bond acceptors (Lipinski definition) is 3. The highest BCUT2D eigenvalue weighted by atomic mass is 19.1. The van der Waals surface area contributed by atoms with E-state index in [1.54, 1.807) is 6.07 Å². The van der Waals surface area contributed by atoms with E-state index in [0.717, 1.165) is 25.1 Å². The summed E-state index contributed by atoms with van der Waals surface area (Å²) < 4.78 is 14.1. The van der Waals surface area contributed by atoms with Crippen LogP contribution in [-0.2, 0) is 6.54 Å². The second-order valence-electron chi connectivity index (χ2n) is 4.91. The summed E-state index contributed by atoms with van der Waals surface area (Å²) in [6, 6.07) is 5.51. The summed E-state index contributed by atoms with van der Waals surface area (Å²) in [6.07, 6.45) is 1.96. The molecule has 0 heterocycles. The highest BCUT2D eigenvalue weighted by Gasteiger charge is 2.19. The van der Waals surface area contributed by atoms with Crippen LogP contribution in [0.4, 0.5) is 10.1 Å². The van der Waals surface area contributed by atoms with E-state index in [1.165, 1.54) is 6.07 Å². The number of rotatable bonds is 9. The van der Waals surface area contributed by atoms with E-state index in [-0.39, 0.29) is 12.4 Å². The molecule has 3 nitrogen and oxygen atoms in total. The van der Waals surface area contributed by atoms with E-state index in [9.17, 15) is 9.50 Å². The van der Waals surface area contributed by atoms with Crippen LogP contribution in [0.1, 0.15) is 39.2 Å². The van der Waals surface area contributed by atoms with Crippen LogP contribution in [-0.4, -0.2) is 30.8 Å². The number of anilines is 1. The van der Waals surface area contributed by atoms with Crippen molar-refractivity contribution >= 4 is 5.69 Å². The maximum atomic E-state index is 14.1. The van der Waals surface area contributed by atoms with Gasteiger partial charge in [0, 0.05) is 30.4 Å². The average molecular weight is 282 g/mol. The first-order valence-corrected chi connectivity index (χ1v) is 7.55. The minimum Gasteiger partial charge on any atom is -0.395 e. The maximum Gasteiger partial charge on any atom is 0.129 e. The molecule has 0 aliphatic rings. The van der Waals surface area contributed by atoms with Gasteiger partial charge in [-0.1, -0.05) is 26.8 Å². The topological polar surface area (TPSA) is 35.5 Å². The zero-order valence-electron chi connectivity index (χ0n) is 12.8. The Morgan fingerprint density at radius 1 is 1.25 bits per heavy atom. The molecule has 0 radical (unpaired) electrons. The Bertz CT molecular complexity index is 394. The van der Waals surface area contributed by atoms with Gasteiger partial charge in [-0.05, 0) is 31.5 Å². The van der Waals surface area contributed by atoms with Crippen LogP contribution in [0.3, 0.4) is 0 Å². The first-order chi connectivity index (χ1) is 9.69. The van der Waals surface area contributed by atoms with E-state index in [0.29, 0.717) is 24.7 Å². The second-order valence-corrected chi connectivity index (χ2v) is 4.91. The van der Waals surface area contributed by atoms with E-state index in [4.69, 9.17) is 0 Å². The molecule has 1 aromatic rings. The Morgan fingerprint density at radius 3 is 2.50 bits per heavy atom. The maximum absolute atomic E-state index is 14.1. The van der Waals surface area contributed by atoms with Gasteiger partial charge in [0.1, 0.15) is 5.82 Å². The smallest absolute Gasteiger partial charge is 0.129 e. The van der Waals surface area contributed by atoms with Gasteiger partial charge in [-0.3, -0.25) is 0 Å². The normalized spacial score (nSPS) is 11.1. The first-order valence-electron chi connectivity index (χ1n) is 7.55. The lowest BCUT2D eigenvalue weighted by molar-refractivity contribution is 0.295. The SMILES string of the molecule is CCNCc1c(F)cccc1N(CCO)C(CC)CC. The van der Waals surface area contributed by atoms with Gasteiger partial charge in [0.15, 0.2) is 0 Å². The molecule has 0 saturated heterocycles. The minimum absolute atomic E-state index is 0.0770. The van der Waals surface area contributed by atoms with Gasteiger partial charge in [0.2, 0.25) is 0 Å². The molecule has 0 atom stereocenters. The van der Waals surface area contributed by atoms with Crippen molar-refractivity contribution in [1.82, 2.24) is 5.32 Å². The third kappa shape index (κ3) is 4.18. The van der Waals surface area contributed by atoms with Crippen LogP contribution in [0, 0.1) is 5.82 Å². The van der Waals surface area contributed by atoms with Gasteiger partial charge in [0.25, 0.3) is 0 Å². The molecule has 0 unspecified atom stereocenters. The van der Waals surface area contributed by atoms with Gasteiger partial charge in [-0.2, -0.15) is 0 Å². The fourth-order valence-corrected chi connectivity index (χ4v) is 2.58. The Morgan fingerprint density at radius 2 is 1.95 bits per heavy atom. The quantitative estimate of drug-likeness (QED) is 0.731. The van der Waals surface area contributed by atoms with Crippen LogP contribution in [0.25, 0.3) is 0 Å². The molecule has 0 aromatic heterocycles. The van der Waals surface area contributed by atoms with Gasteiger partial charge < -0.3 is 15.3 Å². The third-order valence-electron chi connectivity index (χ3n) is 3.68. The van der Waals surface area contributed by atoms with E-state index >= 15 is 0 Å².